The molecule has 5 nitrogen and oxygen atoms in total. The van der Waals surface area contributed by atoms with Crippen LogP contribution < -0.4 is 17.7 Å². The number of rotatable bonds is 7. The monoisotopic (exact) mass is 468 g/mol. The van der Waals surface area contributed by atoms with Crippen LogP contribution in [0.15, 0.2) is 65.1 Å². The van der Waals surface area contributed by atoms with Crippen molar-refractivity contribution in [3.05, 3.63) is 83.1 Å². The number of halogens is 1. The van der Waals surface area contributed by atoms with Gasteiger partial charge in [-0.15, -0.1) is 0 Å². The molecule has 1 aromatic heterocycles. The number of ether oxygens (including phenoxy) is 1. The summed E-state index contributed by atoms with van der Waals surface area (Å²) in [5.41, 5.74) is 3.95. The van der Waals surface area contributed by atoms with Crippen LogP contribution in [0.2, 0.25) is 0 Å². The highest BCUT2D eigenvalue weighted by Gasteiger charge is 2.30. The lowest BCUT2D eigenvalue weighted by atomic mass is 10.0. The predicted molar refractivity (Wildman–Crippen MR) is 126 cm³/mol. The first-order valence-corrected chi connectivity index (χ1v) is 11.3. The number of carbonyl (C=O) groups is 1. The molecule has 4 rings (SSSR count). The Morgan fingerprint density at radius 3 is 2.30 bits per heavy atom. The zero-order chi connectivity index (χ0) is 22.6. The zero-order valence-electron chi connectivity index (χ0n) is 19.6. The Hall–Kier alpha value is -2.60. The van der Waals surface area contributed by atoms with E-state index in [4.69, 9.17) is 9.15 Å². The fourth-order valence-electron chi connectivity index (χ4n) is 4.48. The van der Waals surface area contributed by atoms with Crippen LogP contribution >= 0.6 is 0 Å². The largest absolute Gasteiger partial charge is 1.00 e. The predicted octanol–water partition coefficient (Wildman–Crippen LogP) is 1.94. The summed E-state index contributed by atoms with van der Waals surface area (Å²) in [6.07, 6.45) is 2.24. The first-order valence-electron chi connectivity index (χ1n) is 11.3. The zero-order valence-corrected chi connectivity index (χ0v) is 20.4. The molecule has 0 saturated carbocycles. The SMILES string of the molecule is Cc1oc(-c2ccccc2)cc1C(=O)NCc1ccc(C[N+](C)(C)C2CCOCC2)cc1.[Cl-]. The molecule has 3 aromatic rings. The highest BCUT2D eigenvalue weighted by atomic mass is 35.5. The van der Waals surface area contributed by atoms with Crippen molar-refractivity contribution in [1.29, 1.82) is 0 Å². The van der Waals surface area contributed by atoms with Crippen molar-refractivity contribution < 1.29 is 30.8 Å². The lowest BCUT2D eigenvalue weighted by Gasteiger charge is -2.40. The van der Waals surface area contributed by atoms with Crippen molar-refractivity contribution in [2.75, 3.05) is 27.3 Å². The van der Waals surface area contributed by atoms with E-state index in [1.807, 2.05) is 43.3 Å². The summed E-state index contributed by atoms with van der Waals surface area (Å²) >= 11 is 0. The molecule has 2 aromatic carbocycles. The number of nitrogens with zero attached hydrogens (tertiary/aromatic N) is 1. The Morgan fingerprint density at radius 1 is 1.00 bits per heavy atom. The van der Waals surface area contributed by atoms with Crippen LogP contribution in [-0.2, 0) is 17.8 Å². The molecule has 0 spiro atoms. The molecule has 1 aliphatic rings. The van der Waals surface area contributed by atoms with Crippen molar-refractivity contribution in [2.24, 2.45) is 0 Å². The Kier molecular flexibility index (Phi) is 8.35. The maximum atomic E-state index is 12.7. The number of amides is 1. The average Bonchev–Trinajstić information content (AvgIpc) is 3.21. The van der Waals surface area contributed by atoms with Crippen molar-refractivity contribution in [3.63, 3.8) is 0 Å². The van der Waals surface area contributed by atoms with Gasteiger partial charge in [0.1, 0.15) is 18.1 Å². The van der Waals surface area contributed by atoms with Crippen molar-refractivity contribution in [1.82, 2.24) is 5.32 Å². The van der Waals surface area contributed by atoms with Crippen LogP contribution in [0.25, 0.3) is 11.3 Å². The highest BCUT2D eigenvalue weighted by Crippen LogP contribution is 2.25. The van der Waals surface area contributed by atoms with E-state index in [0.717, 1.165) is 48.2 Å². The van der Waals surface area contributed by atoms with E-state index in [0.29, 0.717) is 29.7 Å². The first kappa shape index (κ1) is 25.0. The molecule has 33 heavy (non-hydrogen) atoms. The van der Waals surface area contributed by atoms with Gasteiger partial charge in [-0.25, -0.2) is 0 Å². The first-order chi connectivity index (χ1) is 15.4. The van der Waals surface area contributed by atoms with E-state index < -0.39 is 0 Å². The maximum absolute atomic E-state index is 12.7. The molecular formula is C27H33ClN2O3. The molecule has 1 amide bonds. The van der Waals surface area contributed by atoms with Gasteiger partial charge in [0.25, 0.3) is 5.91 Å². The van der Waals surface area contributed by atoms with Crippen LogP contribution in [0, 0.1) is 6.92 Å². The maximum Gasteiger partial charge on any atom is 0.255 e. The summed E-state index contributed by atoms with van der Waals surface area (Å²) in [6, 6.07) is 20.9. The third-order valence-corrected chi connectivity index (χ3v) is 6.47. The molecule has 1 saturated heterocycles. The standard InChI is InChI=1S/C27H32N2O3.ClH/c1-20-25(17-26(32-20)23-7-5-4-6-8-23)27(30)28-18-21-9-11-22(12-10-21)19-29(2,3)24-13-15-31-16-14-24;/h4-12,17,24H,13-16,18-19H2,1-3H3;1H. The summed E-state index contributed by atoms with van der Waals surface area (Å²) in [7, 11) is 4.61. The summed E-state index contributed by atoms with van der Waals surface area (Å²) in [6.45, 7) is 5.05. The van der Waals surface area contributed by atoms with Crippen LogP contribution in [0.3, 0.4) is 0 Å². The van der Waals surface area contributed by atoms with Crippen molar-refractivity contribution in [2.45, 2.75) is 38.9 Å². The number of carbonyl (C=O) groups excluding carboxylic acids is 1. The van der Waals surface area contributed by atoms with E-state index >= 15 is 0 Å². The van der Waals surface area contributed by atoms with Gasteiger partial charge in [0.15, 0.2) is 0 Å². The minimum absolute atomic E-state index is 0. The Labute approximate surface area is 202 Å². The fraction of sp³-hybridized carbons (Fsp3) is 0.370. The van der Waals surface area contributed by atoms with Crippen LogP contribution in [0.1, 0.15) is 40.1 Å². The van der Waals surface area contributed by atoms with E-state index in [1.54, 1.807) is 0 Å². The number of hydrogen-bond donors (Lipinski definition) is 1. The number of nitrogens with one attached hydrogen (secondary N) is 1. The second kappa shape index (κ2) is 11.0. The molecule has 0 unspecified atom stereocenters. The van der Waals surface area contributed by atoms with E-state index in [1.165, 1.54) is 5.56 Å². The fourth-order valence-corrected chi connectivity index (χ4v) is 4.48. The Morgan fingerprint density at radius 2 is 1.64 bits per heavy atom. The summed E-state index contributed by atoms with van der Waals surface area (Å²) in [5.74, 6) is 1.22. The van der Waals surface area contributed by atoms with Crippen LogP contribution in [0.4, 0.5) is 0 Å². The molecule has 176 valence electrons. The Bertz CT molecular complexity index is 1040. The van der Waals surface area contributed by atoms with Gasteiger partial charge in [-0.3, -0.25) is 4.79 Å². The normalized spacial score (nSPS) is 14.5. The van der Waals surface area contributed by atoms with Gasteiger partial charge in [-0.05, 0) is 18.6 Å². The molecule has 1 N–H and O–H groups in total. The third kappa shape index (κ3) is 6.26. The van der Waals surface area contributed by atoms with Gasteiger partial charge in [-0.2, -0.15) is 0 Å². The number of quaternary nitrogens is 1. The smallest absolute Gasteiger partial charge is 0.255 e. The number of benzene rings is 2. The van der Waals surface area contributed by atoms with Gasteiger partial charge < -0.3 is 31.4 Å². The minimum atomic E-state index is -0.116. The Balaban J connectivity index is 0.00000306. The number of hydrogen-bond acceptors (Lipinski definition) is 3. The molecule has 1 fully saturated rings. The second-order valence-electron chi connectivity index (χ2n) is 9.23. The van der Waals surface area contributed by atoms with Gasteiger partial charge in [-0.1, -0.05) is 54.6 Å². The average molecular weight is 469 g/mol. The molecule has 0 atom stereocenters. The number of aryl methyl sites for hydroxylation is 1. The molecule has 0 bridgehead atoms. The molecule has 1 aliphatic heterocycles. The van der Waals surface area contributed by atoms with E-state index in [-0.39, 0.29) is 18.3 Å². The highest BCUT2D eigenvalue weighted by molar-refractivity contribution is 5.96. The van der Waals surface area contributed by atoms with E-state index in [9.17, 15) is 4.79 Å². The van der Waals surface area contributed by atoms with Gasteiger partial charge in [0.05, 0.1) is 38.9 Å². The molecule has 0 radical (unpaired) electrons. The topological polar surface area (TPSA) is 51.5 Å². The van der Waals surface area contributed by atoms with Crippen LogP contribution in [-0.4, -0.2) is 43.7 Å². The van der Waals surface area contributed by atoms with Crippen LogP contribution in [0.5, 0.6) is 0 Å². The molecule has 0 aliphatic carbocycles. The summed E-state index contributed by atoms with van der Waals surface area (Å²) in [4.78, 5) is 12.7. The summed E-state index contributed by atoms with van der Waals surface area (Å²) in [5, 5.41) is 3.02. The molecular weight excluding hydrogens is 436 g/mol. The third-order valence-electron chi connectivity index (χ3n) is 6.47. The van der Waals surface area contributed by atoms with Crippen molar-refractivity contribution in [3.8, 4) is 11.3 Å². The minimum Gasteiger partial charge on any atom is -1.00 e. The lowest BCUT2D eigenvalue weighted by molar-refractivity contribution is -0.929. The molecule has 2 heterocycles. The van der Waals surface area contributed by atoms with Gasteiger partial charge in [0, 0.05) is 30.5 Å². The molecule has 6 heteroatoms. The van der Waals surface area contributed by atoms with Gasteiger partial charge in [0.2, 0.25) is 0 Å². The lowest BCUT2D eigenvalue weighted by Crippen LogP contribution is -3.00. The second-order valence-corrected chi connectivity index (χ2v) is 9.23. The summed E-state index contributed by atoms with van der Waals surface area (Å²) < 4.78 is 12.3. The van der Waals surface area contributed by atoms with E-state index in [2.05, 4.69) is 43.7 Å². The number of furan rings is 1. The quantitative estimate of drug-likeness (QED) is 0.539. The van der Waals surface area contributed by atoms with Gasteiger partial charge >= 0.3 is 0 Å². The van der Waals surface area contributed by atoms with Crippen molar-refractivity contribution >= 4 is 5.91 Å².